The van der Waals surface area contributed by atoms with E-state index in [0.29, 0.717) is 6.54 Å². The number of nitrogens with zero attached hydrogens (tertiary/aromatic N) is 3. The van der Waals surface area contributed by atoms with Gasteiger partial charge < -0.3 is 15.7 Å². The van der Waals surface area contributed by atoms with Crippen molar-refractivity contribution in [2.75, 3.05) is 18.5 Å². The molecule has 2 rings (SSSR count). The van der Waals surface area contributed by atoms with Crippen LogP contribution in [0.25, 0.3) is 4.96 Å². The molecule has 0 saturated heterocycles. The summed E-state index contributed by atoms with van der Waals surface area (Å²) in [5, 5.41) is 11.3. The number of nitrogens with two attached hydrogens (primary N) is 1. The first-order chi connectivity index (χ1) is 8.13. The number of aromatic nitrogens is 2. The number of fused-ring (bicyclic) bond motifs is 1. The molecule has 0 aromatic carbocycles. The minimum absolute atomic E-state index is 0.289. The lowest BCUT2D eigenvalue weighted by atomic mass is 10.2. The normalized spacial score (nSPS) is 13.2. The summed E-state index contributed by atoms with van der Waals surface area (Å²) in [5.74, 6) is 0.917. The van der Waals surface area contributed by atoms with E-state index >= 15 is 0 Å². The average Bonchev–Trinajstić information content (AvgIpc) is 2.84. The number of aliphatic hydroxyl groups is 1. The standard InChI is InChI=1S/C11H18N4OS/c1-8(16)3-4-14(2)10-9(7-12)15-5-6-17-11(15)13-10/h5-6,8,16H,3-4,7,12H2,1-2H3. The third-order valence-corrected chi connectivity index (χ3v) is 3.53. The molecular weight excluding hydrogens is 236 g/mol. The molecule has 0 spiro atoms. The van der Waals surface area contributed by atoms with Gasteiger partial charge in [0, 0.05) is 31.7 Å². The van der Waals surface area contributed by atoms with Gasteiger partial charge in [-0.1, -0.05) is 0 Å². The summed E-state index contributed by atoms with van der Waals surface area (Å²) < 4.78 is 2.03. The van der Waals surface area contributed by atoms with E-state index in [-0.39, 0.29) is 6.10 Å². The fourth-order valence-corrected chi connectivity index (χ4v) is 2.53. The third-order valence-electron chi connectivity index (χ3n) is 2.78. The number of imidazole rings is 1. The molecule has 1 atom stereocenters. The van der Waals surface area contributed by atoms with Crippen molar-refractivity contribution >= 4 is 22.1 Å². The highest BCUT2D eigenvalue weighted by Gasteiger charge is 2.15. The van der Waals surface area contributed by atoms with Crippen LogP contribution in [0.2, 0.25) is 0 Å². The summed E-state index contributed by atoms with van der Waals surface area (Å²) in [6.45, 7) is 3.03. The molecule has 0 aliphatic heterocycles. The predicted octanol–water partition coefficient (Wildman–Crippen LogP) is 1.06. The SMILES string of the molecule is CC(O)CCN(C)c1nc2sccn2c1CN. The maximum Gasteiger partial charge on any atom is 0.195 e. The number of rotatable bonds is 5. The molecule has 0 amide bonds. The minimum Gasteiger partial charge on any atom is -0.393 e. The molecule has 0 saturated carbocycles. The van der Waals surface area contributed by atoms with Crippen LogP contribution in [0.4, 0.5) is 5.82 Å². The first-order valence-corrected chi connectivity index (χ1v) is 6.55. The van der Waals surface area contributed by atoms with Crippen molar-refractivity contribution in [3.8, 4) is 0 Å². The Morgan fingerprint density at radius 2 is 2.41 bits per heavy atom. The molecule has 0 aliphatic rings. The van der Waals surface area contributed by atoms with Crippen LogP contribution in [0.1, 0.15) is 19.0 Å². The second-order valence-corrected chi connectivity index (χ2v) is 5.07. The number of hydrogen-bond acceptors (Lipinski definition) is 5. The van der Waals surface area contributed by atoms with Crippen LogP contribution in [0, 0.1) is 0 Å². The van der Waals surface area contributed by atoms with Gasteiger partial charge in [-0.3, -0.25) is 4.40 Å². The van der Waals surface area contributed by atoms with Gasteiger partial charge in [-0.2, -0.15) is 0 Å². The number of aliphatic hydroxyl groups excluding tert-OH is 1. The summed E-state index contributed by atoms with van der Waals surface area (Å²) in [4.78, 5) is 7.58. The van der Waals surface area contributed by atoms with Crippen LogP contribution in [0.3, 0.4) is 0 Å². The first-order valence-electron chi connectivity index (χ1n) is 5.67. The molecule has 0 fully saturated rings. The fraction of sp³-hybridized carbons (Fsp3) is 0.545. The van der Waals surface area contributed by atoms with Gasteiger partial charge >= 0.3 is 0 Å². The summed E-state index contributed by atoms with van der Waals surface area (Å²) in [5.41, 5.74) is 6.80. The number of thiazole rings is 1. The van der Waals surface area contributed by atoms with Crippen molar-refractivity contribution in [1.29, 1.82) is 0 Å². The monoisotopic (exact) mass is 254 g/mol. The fourth-order valence-electron chi connectivity index (χ4n) is 1.80. The number of hydrogen-bond donors (Lipinski definition) is 2. The Hall–Kier alpha value is -1.11. The zero-order valence-electron chi connectivity index (χ0n) is 10.1. The summed E-state index contributed by atoms with van der Waals surface area (Å²) >= 11 is 1.60. The van der Waals surface area contributed by atoms with Crippen molar-refractivity contribution in [3.05, 3.63) is 17.3 Å². The van der Waals surface area contributed by atoms with Gasteiger partial charge in [-0.05, 0) is 13.3 Å². The van der Waals surface area contributed by atoms with E-state index < -0.39 is 0 Å². The van der Waals surface area contributed by atoms with Crippen molar-refractivity contribution in [3.63, 3.8) is 0 Å². The van der Waals surface area contributed by atoms with Crippen LogP contribution in [-0.4, -0.2) is 34.2 Å². The largest absolute Gasteiger partial charge is 0.393 e. The lowest BCUT2D eigenvalue weighted by Crippen LogP contribution is -2.23. The van der Waals surface area contributed by atoms with Crippen LogP contribution in [0.5, 0.6) is 0 Å². The maximum absolute atomic E-state index is 9.30. The molecule has 94 valence electrons. The van der Waals surface area contributed by atoms with E-state index in [2.05, 4.69) is 9.88 Å². The van der Waals surface area contributed by atoms with Crippen molar-refractivity contribution < 1.29 is 5.11 Å². The Balaban J connectivity index is 2.24. The van der Waals surface area contributed by atoms with Gasteiger partial charge in [-0.15, -0.1) is 11.3 Å². The van der Waals surface area contributed by atoms with Gasteiger partial charge in [0.2, 0.25) is 0 Å². The van der Waals surface area contributed by atoms with E-state index in [0.717, 1.165) is 29.4 Å². The zero-order chi connectivity index (χ0) is 12.4. The van der Waals surface area contributed by atoms with Gasteiger partial charge in [-0.25, -0.2) is 4.98 Å². The summed E-state index contributed by atoms with van der Waals surface area (Å²) in [7, 11) is 1.98. The maximum atomic E-state index is 9.30. The lowest BCUT2D eigenvalue weighted by Gasteiger charge is -2.18. The van der Waals surface area contributed by atoms with Crippen LogP contribution >= 0.6 is 11.3 Å². The highest BCUT2D eigenvalue weighted by Crippen LogP contribution is 2.23. The molecule has 17 heavy (non-hydrogen) atoms. The molecule has 1 unspecified atom stereocenters. The molecular formula is C11H18N4OS. The zero-order valence-corrected chi connectivity index (χ0v) is 10.9. The lowest BCUT2D eigenvalue weighted by molar-refractivity contribution is 0.187. The van der Waals surface area contributed by atoms with Crippen LogP contribution in [-0.2, 0) is 6.54 Å². The summed E-state index contributed by atoms with van der Waals surface area (Å²) in [6.07, 6.45) is 2.43. The Labute approximate surface area is 104 Å². The van der Waals surface area contributed by atoms with Gasteiger partial charge in [0.1, 0.15) is 0 Å². The highest BCUT2D eigenvalue weighted by molar-refractivity contribution is 7.15. The molecule has 0 radical (unpaired) electrons. The van der Waals surface area contributed by atoms with Crippen molar-refractivity contribution in [2.24, 2.45) is 5.73 Å². The second kappa shape index (κ2) is 5.03. The van der Waals surface area contributed by atoms with Crippen LogP contribution in [0.15, 0.2) is 11.6 Å². The average molecular weight is 254 g/mol. The Kier molecular flexibility index (Phi) is 3.66. The van der Waals surface area contributed by atoms with E-state index in [4.69, 9.17) is 5.73 Å². The Morgan fingerprint density at radius 1 is 1.65 bits per heavy atom. The molecule has 0 aliphatic carbocycles. The van der Waals surface area contributed by atoms with Gasteiger partial charge in [0.15, 0.2) is 10.8 Å². The number of anilines is 1. The molecule has 2 heterocycles. The molecule has 0 bridgehead atoms. The van der Waals surface area contributed by atoms with Gasteiger partial charge in [0.25, 0.3) is 0 Å². The van der Waals surface area contributed by atoms with Gasteiger partial charge in [0.05, 0.1) is 11.8 Å². The topological polar surface area (TPSA) is 66.8 Å². The smallest absolute Gasteiger partial charge is 0.195 e. The predicted molar refractivity (Wildman–Crippen MR) is 70.5 cm³/mol. The minimum atomic E-state index is -0.289. The molecule has 2 aromatic heterocycles. The van der Waals surface area contributed by atoms with E-state index in [1.54, 1.807) is 18.3 Å². The van der Waals surface area contributed by atoms with E-state index in [1.165, 1.54) is 0 Å². The summed E-state index contributed by atoms with van der Waals surface area (Å²) in [6, 6.07) is 0. The van der Waals surface area contributed by atoms with Crippen molar-refractivity contribution in [1.82, 2.24) is 9.38 Å². The first kappa shape index (κ1) is 12.3. The van der Waals surface area contributed by atoms with Crippen molar-refractivity contribution in [2.45, 2.75) is 26.0 Å². The second-order valence-electron chi connectivity index (χ2n) is 4.20. The molecule has 5 nitrogen and oxygen atoms in total. The van der Waals surface area contributed by atoms with Crippen LogP contribution < -0.4 is 10.6 Å². The Bertz CT molecular complexity index is 491. The Morgan fingerprint density at radius 3 is 3.06 bits per heavy atom. The highest BCUT2D eigenvalue weighted by atomic mass is 32.1. The quantitative estimate of drug-likeness (QED) is 0.837. The molecule has 2 aromatic rings. The van der Waals surface area contributed by atoms with E-state index in [9.17, 15) is 5.11 Å². The molecule has 6 heteroatoms. The molecule has 3 N–H and O–H groups in total. The van der Waals surface area contributed by atoms with E-state index in [1.807, 2.05) is 23.0 Å². The third kappa shape index (κ3) is 2.43.